The SMILES string of the molecule is COC(=O)c1ccccc1N(C)Cc1cccc(O)c1. The molecule has 0 saturated heterocycles. The summed E-state index contributed by atoms with van der Waals surface area (Å²) in [4.78, 5) is 13.7. The fourth-order valence-electron chi connectivity index (χ4n) is 2.10. The molecule has 0 aromatic heterocycles. The van der Waals surface area contributed by atoms with E-state index in [1.54, 1.807) is 30.3 Å². The molecule has 0 bridgehead atoms. The number of carbonyl (C=O) groups excluding carboxylic acids is 1. The van der Waals surface area contributed by atoms with Crippen LogP contribution in [0.1, 0.15) is 15.9 Å². The van der Waals surface area contributed by atoms with Gasteiger partial charge in [0.1, 0.15) is 5.75 Å². The molecule has 0 aliphatic heterocycles. The molecule has 4 nitrogen and oxygen atoms in total. The Labute approximate surface area is 118 Å². The quantitative estimate of drug-likeness (QED) is 0.869. The van der Waals surface area contributed by atoms with Gasteiger partial charge in [-0.25, -0.2) is 4.79 Å². The van der Waals surface area contributed by atoms with Gasteiger partial charge < -0.3 is 14.7 Å². The van der Waals surface area contributed by atoms with Crippen LogP contribution in [0.25, 0.3) is 0 Å². The fourth-order valence-corrected chi connectivity index (χ4v) is 2.10. The highest BCUT2D eigenvalue weighted by Gasteiger charge is 2.14. The van der Waals surface area contributed by atoms with Crippen molar-refractivity contribution in [1.29, 1.82) is 0 Å². The molecular weight excluding hydrogens is 254 g/mol. The Balaban J connectivity index is 2.25. The first-order valence-electron chi connectivity index (χ1n) is 6.28. The van der Waals surface area contributed by atoms with Crippen LogP contribution in [0.2, 0.25) is 0 Å². The van der Waals surface area contributed by atoms with Gasteiger partial charge in [0.15, 0.2) is 0 Å². The molecule has 2 rings (SSSR count). The fraction of sp³-hybridized carbons (Fsp3) is 0.188. The van der Waals surface area contributed by atoms with E-state index in [1.165, 1.54) is 7.11 Å². The third kappa shape index (κ3) is 3.09. The number of anilines is 1. The minimum absolute atomic E-state index is 0.233. The van der Waals surface area contributed by atoms with Crippen LogP contribution in [-0.4, -0.2) is 25.2 Å². The van der Waals surface area contributed by atoms with Crippen LogP contribution in [-0.2, 0) is 11.3 Å². The summed E-state index contributed by atoms with van der Waals surface area (Å²) >= 11 is 0. The number of carbonyl (C=O) groups is 1. The normalized spacial score (nSPS) is 10.1. The van der Waals surface area contributed by atoms with E-state index < -0.39 is 0 Å². The molecule has 0 aliphatic carbocycles. The lowest BCUT2D eigenvalue weighted by molar-refractivity contribution is 0.0601. The van der Waals surface area contributed by atoms with Crippen molar-refractivity contribution < 1.29 is 14.6 Å². The predicted molar refractivity (Wildman–Crippen MR) is 78.0 cm³/mol. The molecule has 0 unspecified atom stereocenters. The average Bonchev–Trinajstić information content (AvgIpc) is 2.46. The number of benzene rings is 2. The van der Waals surface area contributed by atoms with E-state index in [4.69, 9.17) is 4.74 Å². The molecule has 0 heterocycles. The Hall–Kier alpha value is -2.49. The van der Waals surface area contributed by atoms with Gasteiger partial charge in [-0.1, -0.05) is 24.3 Å². The lowest BCUT2D eigenvalue weighted by Gasteiger charge is -2.21. The van der Waals surface area contributed by atoms with Gasteiger partial charge in [0.25, 0.3) is 0 Å². The first kappa shape index (κ1) is 13.9. The molecule has 1 N–H and O–H groups in total. The second kappa shape index (κ2) is 6.10. The number of hydrogen-bond acceptors (Lipinski definition) is 4. The van der Waals surface area contributed by atoms with Crippen molar-refractivity contribution in [2.45, 2.75) is 6.54 Å². The average molecular weight is 271 g/mol. The van der Waals surface area contributed by atoms with E-state index in [0.717, 1.165) is 11.3 Å². The number of aromatic hydroxyl groups is 1. The van der Waals surface area contributed by atoms with Crippen molar-refractivity contribution in [3.05, 3.63) is 59.7 Å². The van der Waals surface area contributed by atoms with Crippen molar-refractivity contribution in [3.63, 3.8) is 0 Å². The molecule has 0 saturated carbocycles. The van der Waals surface area contributed by atoms with Crippen LogP contribution < -0.4 is 4.90 Å². The molecule has 0 fully saturated rings. The Morgan fingerprint density at radius 1 is 1.20 bits per heavy atom. The minimum atomic E-state index is -0.358. The van der Waals surface area contributed by atoms with E-state index in [1.807, 2.05) is 30.1 Å². The van der Waals surface area contributed by atoms with Crippen molar-refractivity contribution in [3.8, 4) is 5.75 Å². The third-order valence-corrected chi connectivity index (χ3v) is 3.05. The monoisotopic (exact) mass is 271 g/mol. The number of esters is 1. The number of para-hydroxylation sites is 1. The number of nitrogens with zero attached hydrogens (tertiary/aromatic N) is 1. The Morgan fingerprint density at radius 2 is 1.95 bits per heavy atom. The minimum Gasteiger partial charge on any atom is -0.508 e. The van der Waals surface area contributed by atoms with E-state index >= 15 is 0 Å². The van der Waals surface area contributed by atoms with Crippen molar-refractivity contribution in [2.75, 3.05) is 19.1 Å². The Morgan fingerprint density at radius 3 is 2.65 bits per heavy atom. The molecule has 4 heteroatoms. The van der Waals surface area contributed by atoms with Crippen molar-refractivity contribution in [2.24, 2.45) is 0 Å². The summed E-state index contributed by atoms with van der Waals surface area (Å²) in [7, 11) is 3.26. The third-order valence-electron chi connectivity index (χ3n) is 3.05. The molecule has 104 valence electrons. The highest BCUT2D eigenvalue weighted by Crippen LogP contribution is 2.22. The van der Waals surface area contributed by atoms with E-state index in [2.05, 4.69) is 0 Å². The zero-order chi connectivity index (χ0) is 14.5. The summed E-state index contributed by atoms with van der Waals surface area (Å²) in [5, 5.41) is 9.48. The smallest absolute Gasteiger partial charge is 0.339 e. The zero-order valence-electron chi connectivity index (χ0n) is 11.5. The number of hydrogen-bond donors (Lipinski definition) is 1. The number of phenols is 1. The molecule has 0 atom stereocenters. The molecule has 0 radical (unpaired) electrons. The van der Waals surface area contributed by atoms with Crippen molar-refractivity contribution >= 4 is 11.7 Å². The van der Waals surface area contributed by atoms with Gasteiger partial charge in [0.05, 0.1) is 18.4 Å². The number of rotatable bonds is 4. The molecule has 0 spiro atoms. The van der Waals surface area contributed by atoms with E-state index in [0.29, 0.717) is 12.1 Å². The molecule has 2 aromatic rings. The Bertz CT molecular complexity index is 610. The Kier molecular flexibility index (Phi) is 4.25. The number of methoxy groups -OCH3 is 1. The largest absolute Gasteiger partial charge is 0.508 e. The van der Waals surface area contributed by atoms with Gasteiger partial charge in [0.2, 0.25) is 0 Å². The molecule has 0 amide bonds. The zero-order valence-corrected chi connectivity index (χ0v) is 11.5. The summed E-state index contributed by atoms with van der Waals surface area (Å²) in [6.45, 7) is 0.586. The van der Waals surface area contributed by atoms with Gasteiger partial charge in [-0.15, -0.1) is 0 Å². The van der Waals surface area contributed by atoms with E-state index in [-0.39, 0.29) is 11.7 Å². The van der Waals surface area contributed by atoms with Crippen LogP contribution in [0, 0.1) is 0 Å². The lowest BCUT2D eigenvalue weighted by Crippen LogP contribution is -2.19. The first-order valence-corrected chi connectivity index (χ1v) is 6.28. The van der Waals surface area contributed by atoms with Crippen LogP contribution >= 0.6 is 0 Å². The van der Waals surface area contributed by atoms with Gasteiger partial charge in [-0.2, -0.15) is 0 Å². The predicted octanol–water partition coefficient (Wildman–Crippen LogP) is 2.82. The van der Waals surface area contributed by atoms with Crippen LogP contribution in [0.4, 0.5) is 5.69 Å². The van der Waals surface area contributed by atoms with E-state index in [9.17, 15) is 9.90 Å². The second-order valence-electron chi connectivity index (χ2n) is 4.53. The topological polar surface area (TPSA) is 49.8 Å². The standard InChI is InChI=1S/C16H17NO3/c1-17(11-12-6-5-7-13(18)10-12)15-9-4-3-8-14(15)16(19)20-2/h3-10,18H,11H2,1-2H3. The van der Waals surface area contributed by atoms with Crippen LogP contribution in [0.15, 0.2) is 48.5 Å². The van der Waals surface area contributed by atoms with Crippen molar-refractivity contribution in [1.82, 2.24) is 0 Å². The molecule has 2 aromatic carbocycles. The maximum absolute atomic E-state index is 11.8. The summed E-state index contributed by atoms with van der Waals surface area (Å²) < 4.78 is 4.79. The maximum atomic E-state index is 11.8. The van der Waals surface area contributed by atoms with Gasteiger partial charge in [0, 0.05) is 13.6 Å². The van der Waals surface area contributed by atoms with Gasteiger partial charge in [-0.05, 0) is 29.8 Å². The summed E-state index contributed by atoms with van der Waals surface area (Å²) in [6.07, 6.45) is 0. The lowest BCUT2D eigenvalue weighted by atomic mass is 10.1. The number of phenolic OH excluding ortho intramolecular Hbond substituents is 1. The second-order valence-corrected chi connectivity index (χ2v) is 4.53. The molecular formula is C16H17NO3. The summed E-state index contributed by atoms with van der Waals surface area (Å²) in [5.74, 6) is -0.125. The number of ether oxygens (including phenoxy) is 1. The molecule has 0 aliphatic rings. The summed E-state index contributed by atoms with van der Waals surface area (Å²) in [6, 6.07) is 14.3. The first-order chi connectivity index (χ1) is 9.61. The highest BCUT2D eigenvalue weighted by molar-refractivity contribution is 5.95. The maximum Gasteiger partial charge on any atom is 0.339 e. The van der Waals surface area contributed by atoms with Crippen LogP contribution in [0.5, 0.6) is 5.75 Å². The molecule has 20 heavy (non-hydrogen) atoms. The highest BCUT2D eigenvalue weighted by atomic mass is 16.5. The van der Waals surface area contributed by atoms with Gasteiger partial charge in [-0.3, -0.25) is 0 Å². The van der Waals surface area contributed by atoms with Gasteiger partial charge >= 0.3 is 5.97 Å². The summed E-state index contributed by atoms with van der Waals surface area (Å²) in [5.41, 5.74) is 2.28. The van der Waals surface area contributed by atoms with Crippen LogP contribution in [0.3, 0.4) is 0 Å².